The van der Waals surface area contributed by atoms with Crippen LogP contribution in [0.15, 0.2) is 48.1 Å². The van der Waals surface area contributed by atoms with Gasteiger partial charge >= 0.3 is 5.97 Å². The van der Waals surface area contributed by atoms with E-state index in [0.717, 1.165) is 12.0 Å². The zero-order valence-electron chi connectivity index (χ0n) is 15.5. The lowest BCUT2D eigenvalue weighted by Crippen LogP contribution is -2.10. The SMILES string of the molecule is CCCCCC/C=C/C(C)=C/C(=O)OCCOc1ccc([N+](=O)[O-])cc1. The fourth-order valence-corrected chi connectivity index (χ4v) is 2.20. The monoisotopic (exact) mass is 361 g/mol. The molecule has 0 unspecified atom stereocenters. The summed E-state index contributed by atoms with van der Waals surface area (Å²) in [6.45, 7) is 4.34. The molecule has 6 nitrogen and oxygen atoms in total. The highest BCUT2D eigenvalue weighted by Crippen LogP contribution is 2.17. The molecular formula is C20H27NO5. The number of benzene rings is 1. The van der Waals surface area contributed by atoms with Crippen LogP contribution in [0.4, 0.5) is 5.69 Å². The van der Waals surface area contributed by atoms with Crippen molar-refractivity contribution in [3.8, 4) is 5.75 Å². The van der Waals surface area contributed by atoms with Crippen molar-refractivity contribution in [2.24, 2.45) is 0 Å². The van der Waals surface area contributed by atoms with Crippen LogP contribution in [0, 0.1) is 10.1 Å². The summed E-state index contributed by atoms with van der Waals surface area (Å²) < 4.78 is 10.4. The third-order valence-corrected chi connectivity index (χ3v) is 3.59. The van der Waals surface area contributed by atoms with E-state index in [1.807, 2.05) is 13.0 Å². The van der Waals surface area contributed by atoms with Gasteiger partial charge in [-0.3, -0.25) is 10.1 Å². The van der Waals surface area contributed by atoms with Crippen LogP contribution in [0.2, 0.25) is 0 Å². The average molecular weight is 361 g/mol. The first-order valence-electron chi connectivity index (χ1n) is 8.91. The molecule has 0 heterocycles. The minimum Gasteiger partial charge on any atom is -0.490 e. The lowest BCUT2D eigenvalue weighted by molar-refractivity contribution is -0.384. The van der Waals surface area contributed by atoms with Crippen LogP contribution in [-0.4, -0.2) is 24.1 Å². The maximum absolute atomic E-state index is 11.7. The van der Waals surface area contributed by atoms with Crippen LogP contribution in [0.25, 0.3) is 0 Å². The van der Waals surface area contributed by atoms with E-state index in [-0.39, 0.29) is 18.9 Å². The first kappa shape index (κ1) is 21.4. The fraction of sp³-hybridized carbons (Fsp3) is 0.450. The van der Waals surface area contributed by atoms with Gasteiger partial charge in [0.2, 0.25) is 0 Å². The van der Waals surface area contributed by atoms with Gasteiger partial charge in [0, 0.05) is 18.2 Å². The van der Waals surface area contributed by atoms with Crippen molar-refractivity contribution < 1.29 is 19.2 Å². The van der Waals surface area contributed by atoms with Crippen molar-refractivity contribution in [3.05, 3.63) is 58.2 Å². The van der Waals surface area contributed by atoms with E-state index in [9.17, 15) is 14.9 Å². The van der Waals surface area contributed by atoms with Gasteiger partial charge in [0.1, 0.15) is 19.0 Å². The van der Waals surface area contributed by atoms with Crippen molar-refractivity contribution >= 4 is 11.7 Å². The van der Waals surface area contributed by atoms with Crippen molar-refractivity contribution in [2.75, 3.05) is 13.2 Å². The quantitative estimate of drug-likeness (QED) is 0.131. The van der Waals surface area contributed by atoms with Gasteiger partial charge in [0.25, 0.3) is 5.69 Å². The number of unbranched alkanes of at least 4 members (excludes halogenated alkanes) is 4. The second-order valence-electron chi connectivity index (χ2n) is 5.91. The van der Waals surface area contributed by atoms with E-state index in [2.05, 4.69) is 13.0 Å². The lowest BCUT2D eigenvalue weighted by atomic mass is 10.1. The van der Waals surface area contributed by atoms with E-state index in [0.29, 0.717) is 5.75 Å². The summed E-state index contributed by atoms with van der Waals surface area (Å²) in [4.78, 5) is 21.8. The van der Waals surface area contributed by atoms with E-state index < -0.39 is 10.9 Å². The molecule has 6 heteroatoms. The molecule has 0 bridgehead atoms. The van der Waals surface area contributed by atoms with Crippen molar-refractivity contribution in [2.45, 2.75) is 46.0 Å². The number of nitrogens with zero attached hydrogens (tertiary/aromatic N) is 1. The second kappa shape index (κ2) is 12.7. The molecule has 0 fully saturated rings. The van der Waals surface area contributed by atoms with Gasteiger partial charge < -0.3 is 9.47 Å². The first-order valence-corrected chi connectivity index (χ1v) is 8.91. The third-order valence-electron chi connectivity index (χ3n) is 3.59. The lowest BCUT2D eigenvalue weighted by Gasteiger charge is -2.06. The predicted molar refractivity (Wildman–Crippen MR) is 101 cm³/mol. The Morgan fingerprint density at radius 1 is 1.15 bits per heavy atom. The fourth-order valence-electron chi connectivity index (χ4n) is 2.20. The molecule has 1 rings (SSSR count). The summed E-state index contributed by atoms with van der Waals surface area (Å²) in [6.07, 6.45) is 11.4. The zero-order valence-corrected chi connectivity index (χ0v) is 15.5. The Hall–Kier alpha value is -2.63. The van der Waals surface area contributed by atoms with Gasteiger partial charge in [0.15, 0.2) is 0 Å². The van der Waals surface area contributed by atoms with Crippen LogP contribution in [0.1, 0.15) is 46.0 Å². The molecule has 0 saturated heterocycles. The summed E-state index contributed by atoms with van der Waals surface area (Å²) in [5.74, 6) is 0.0785. The number of rotatable bonds is 12. The van der Waals surface area contributed by atoms with E-state index >= 15 is 0 Å². The summed E-state index contributed by atoms with van der Waals surface area (Å²) in [7, 11) is 0. The van der Waals surface area contributed by atoms with E-state index in [1.165, 1.54) is 56.0 Å². The van der Waals surface area contributed by atoms with Gasteiger partial charge in [-0.2, -0.15) is 0 Å². The molecule has 0 aliphatic carbocycles. The Balaban J connectivity index is 2.22. The molecule has 0 saturated carbocycles. The molecule has 0 N–H and O–H groups in total. The van der Waals surface area contributed by atoms with E-state index in [4.69, 9.17) is 9.47 Å². The topological polar surface area (TPSA) is 78.7 Å². The van der Waals surface area contributed by atoms with Gasteiger partial charge in [-0.25, -0.2) is 4.79 Å². The number of allylic oxidation sites excluding steroid dienone is 3. The first-order chi connectivity index (χ1) is 12.5. The van der Waals surface area contributed by atoms with Crippen LogP contribution < -0.4 is 4.74 Å². The highest BCUT2D eigenvalue weighted by atomic mass is 16.6. The van der Waals surface area contributed by atoms with E-state index in [1.54, 1.807) is 0 Å². The number of esters is 1. The van der Waals surface area contributed by atoms with Gasteiger partial charge in [-0.1, -0.05) is 38.3 Å². The van der Waals surface area contributed by atoms with Crippen LogP contribution >= 0.6 is 0 Å². The minimum absolute atomic E-state index is 0.00260. The van der Waals surface area contributed by atoms with Gasteiger partial charge in [0.05, 0.1) is 4.92 Å². The Labute approximate surface area is 154 Å². The van der Waals surface area contributed by atoms with Crippen LogP contribution in [0.5, 0.6) is 5.75 Å². The third kappa shape index (κ3) is 9.61. The largest absolute Gasteiger partial charge is 0.490 e. The molecular weight excluding hydrogens is 334 g/mol. The Morgan fingerprint density at radius 2 is 1.88 bits per heavy atom. The predicted octanol–water partition coefficient (Wildman–Crippen LogP) is 4.99. The van der Waals surface area contributed by atoms with Crippen LogP contribution in [-0.2, 0) is 9.53 Å². The molecule has 0 aromatic heterocycles. The number of carbonyl (C=O) groups excluding carboxylic acids is 1. The van der Waals surface area contributed by atoms with Crippen molar-refractivity contribution in [3.63, 3.8) is 0 Å². The maximum Gasteiger partial charge on any atom is 0.331 e. The Morgan fingerprint density at radius 3 is 2.54 bits per heavy atom. The number of carbonyl (C=O) groups is 1. The Bertz CT molecular complexity index is 620. The number of nitro groups is 1. The van der Waals surface area contributed by atoms with Gasteiger partial charge in [-0.15, -0.1) is 0 Å². The molecule has 0 spiro atoms. The number of nitro benzene ring substituents is 1. The van der Waals surface area contributed by atoms with Gasteiger partial charge in [-0.05, 0) is 37.5 Å². The summed E-state index contributed by atoms with van der Waals surface area (Å²) in [6, 6.07) is 5.74. The maximum atomic E-state index is 11.7. The van der Waals surface area contributed by atoms with Crippen molar-refractivity contribution in [1.82, 2.24) is 0 Å². The molecule has 0 aliphatic rings. The van der Waals surface area contributed by atoms with Crippen LogP contribution in [0.3, 0.4) is 0 Å². The summed E-state index contributed by atoms with van der Waals surface area (Å²) in [5.41, 5.74) is 0.851. The van der Waals surface area contributed by atoms with Crippen molar-refractivity contribution in [1.29, 1.82) is 0 Å². The second-order valence-corrected chi connectivity index (χ2v) is 5.91. The highest BCUT2D eigenvalue weighted by molar-refractivity contribution is 5.83. The molecule has 26 heavy (non-hydrogen) atoms. The smallest absolute Gasteiger partial charge is 0.331 e. The molecule has 142 valence electrons. The molecule has 1 aromatic carbocycles. The molecule has 0 aliphatic heterocycles. The standard InChI is InChI=1S/C20H27NO5/c1-3-4-5-6-7-8-9-17(2)16-20(22)26-15-14-25-19-12-10-18(11-13-19)21(23)24/h8-13,16H,3-7,14-15H2,1-2H3/b9-8+,17-16+. The number of ether oxygens (including phenoxy) is 2. The highest BCUT2D eigenvalue weighted by Gasteiger charge is 2.04. The summed E-state index contributed by atoms with van der Waals surface area (Å²) in [5, 5.41) is 10.6. The zero-order chi connectivity index (χ0) is 19.2. The molecule has 0 atom stereocenters. The number of hydrogen-bond acceptors (Lipinski definition) is 5. The number of hydrogen-bond donors (Lipinski definition) is 0. The molecule has 0 amide bonds. The number of non-ortho nitro benzene ring substituents is 1. The average Bonchev–Trinajstić information content (AvgIpc) is 2.62. The Kier molecular flexibility index (Phi) is 10.5. The molecule has 0 radical (unpaired) electrons. The normalized spacial score (nSPS) is 11.5. The minimum atomic E-state index is -0.472. The summed E-state index contributed by atoms with van der Waals surface area (Å²) >= 11 is 0. The molecule has 1 aromatic rings.